The number of carboxylic acid groups (broad SMARTS) is 1. The van der Waals surface area contributed by atoms with E-state index >= 15 is 9.18 Å². The molecule has 2 aliphatic carbocycles. The summed E-state index contributed by atoms with van der Waals surface area (Å²) in [4.78, 5) is 68.3. The van der Waals surface area contributed by atoms with Gasteiger partial charge in [0.1, 0.15) is 22.7 Å². The molecule has 0 radical (unpaired) electrons. The summed E-state index contributed by atoms with van der Waals surface area (Å²) in [6, 6.07) is 13.7. The Morgan fingerprint density at radius 1 is 0.971 bits per heavy atom. The predicted octanol–water partition coefficient (Wildman–Crippen LogP) is 7.97. The number of benzene rings is 1. The van der Waals surface area contributed by atoms with Crippen LogP contribution in [0.25, 0.3) is 27.9 Å². The van der Waals surface area contributed by atoms with Crippen LogP contribution in [0.1, 0.15) is 130 Å². The lowest BCUT2D eigenvalue weighted by Crippen LogP contribution is -2.51. The number of anilines is 1. The van der Waals surface area contributed by atoms with Gasteiger partial charge in [0, 0.05) is 67.6 Å². The van der Waals surface area contributed by atoms with Crippen molar-refractivity contribution in [2.75, 3.05) is 37.6 Å². The maximum Gasteiger partial charge on any atom is 0.335 e. The van der Waals surface area contributed by atoms with E-state index in [9.17, 15) is 20.0 Å². The minimum Gasteiger partial charge on any atom is -0.481 e. The summed E-state index contributed by atoms with van der Waals surface area (Å²) in [5.41, 5.74) is 4.75. The zero-order chi connectivity index (χ0) is 47.5. The van der Waals surface area contributed by atoms with E-state index in [-0.39, 0.29) is 53.4 Å². The van der Waals surface area contributed by atoms with E-state index in [1.54, 1.807) is 46.1 Å². The normalized spacial score (nSPS) is 18.1. The second-order valence-electron chi connectivity index (χ2n) is 20.9. The van der Waals surface area contributed by atoms with Gasteiger partial charge in [0.05, 0.1) is 47.7 Å². The van der Waals surface area contributed by atoms with Gasteiger partial charge < -0.3 is 24.4 Å². The molecule has 7 heterocycles. The lowest BCUT2D eigenvalue weighted by Gasteiger charge is -2.44. The fourth-order valence-electron chi connectivity index (χ4n) is 11.4. The lowest BCUT2D eigenvalue weighted by molar-refractivity contribution is -0.153. The Morgan fingerprint density at radius 2 is 1.75 bits per heavy atom. The zero-order valence-corrected chi connectivity index (χ0v) is 39.5. The fraction of sp³-hybridized carbons (Fsp3) is 0.500. The monoisotopic (exact) mass is 921 g/mol. The lowest BCUT2D eigenvalue weighted by atomic mass is 9.68. The van der Waals surface area contributed by atoms with Gasteiger partial charge in [-0.1, -0.05) is 52.5 Å². The molecular formula is C52H60FN11O4. The maximum absolute atomic E-state index is 15.2. The van der Waals surface area contributed by atoms with Gasteiger partial charge >= 0.3 is 11.7 Å². The van der Waals surface area contributed by atoms with E-state index in [0.717, 1.165) is 87.6 Å². The number of pyridine rings is 2. The van der Waals surface area contributed by atoms with Gasteiger partial charge in [-0.3, -0.25) is 18.7 Å². The van der Waals surface area contributed by atoms with E-state index in [1.165, 1.54) is 6.07 Å². The first-order valence-electron chi connectivity index (χ1n) is 24.3. The molecule has 10 rings (SSSR count). The van der Waals surface area contributed by atoms with Crippen LogP contribution in [0, 0.1) is 34.9 Å². The Balaban J connectivity index is 0.991. The van der Waals surface area contributed by atoms with Gasteiger partial charge in [0.25, 0.3) is 5.91 Å². The van der Waals surface area contributed by atoms with Crippen LogP contribution < -0.4 is 10.6 Å². The third kappa shape index (κ3) is 8.32. The number of aliphatic carboxylic acids is 1. The van der Waals surface area contributed by atoms with Crippen LogP contribution in [-0.4, -0.2) is 99.2 Å². The molecular weight excluding hydrogens is 862 g/mol. The Kier molecular flexibility index (Phi) is 11.9. The van der Waals surface area contributed by atoms with Gasteiger partial charge in [-0.2, -0.15) is 10.2 Å². The third-order valence-corrected chi connectivity index (χ3v) is 15.0. The number of carbonyl (C=O) groups is 2. The summed E-state index contributed by atoms with van der Waals surface area (Å²) in [5, 5.41) is 20.7. The Hall–Kier alpha value is -6.47. The van der Waals surface area contributed by atoms with Gasteiger partial charge in [-0.05, 0) is 99.2 Å². The molecule has 6 aromatic rings. The fourth-order valence-corrected chi connectivity index (χ4v) is 11.4. The SMILES string of the molecule is Cc1nc(N(CC2(C(=O)O)CCC2)C2CCCCC2)nc2c1n(-c1ccc(C(=O)N3CCc4c(n(Cc5ccc(C#N)cc5F)c5ncccc45)C3)nc1)c(=O)n2C1CCN(CC(C)(C)C)CC1. The summed E-state index contributed by atoms with van der Waals surface area (Å²) in [5.74, 6) is -1.05. The smallest absolute Gasteiger partial charge is 0.335 e. The molecule has 4 aliphatic rings. The second kappa shape index (κ2) is 17.9. The van der Waals surface area contributed by atoms with Crippen molar-refractivity contribution in [3.05, 3.63) is 105 Å². The molecule has 0 atom stereocenters. The molecule has 354 valence electrons. The molecule has 0 spiro atoms. The predicted molar refractivity (Wildman–Crippen MR) is 256 cm³/mol. The minimum atomic E-state index is -0.850. The van der Waals surface area contributed by atoms with Crippen molar-refractivity contribution in [2.24, 2.45) is 10.8 Å². The number of likely N-dealkylation sites (tertiary alicyclic amines) is 1. The highest BCUT2D eigenvalue weighted by atomic mass is 19.1. The molecule has 1 saturated heterocycles. The molecule has 16 heteroatoms. The summed E-state index contributed by atoms with van der Waals surface area (Å²) in [6.07, 6.45) is 12.6. The molecule has 0 unspecified atom stereocenters. The molecule has 1 amide bonds. The Bertz CT molecular complexity index is 3010. The summed E-state index contributed by atoms with van der Waals surface area (Å²) >= 11 is 0. The number of nitrogens with zero attached hydrogens (tertiary/aromatic N) is 11. The van der Waals surface area contributed by atoms with Crippen molar-refractivity contribution in [1.29, 1.82) is 5.26 Å². The van der Waals surface area contributed by atoms with Crippen LogP contribution in [0.3, 0.4) is 0 Å². The van der Waals surface area contributed by atoms with Crippen LogP contribution in [0.4, 0.5) is 10.3 Å². The molecule has 1 N–H and O–H groups in total. The number of carboxylic acids is 1. The average molecular weight is 922 g/mol. The quantitative estimate of drug-likeness (QED) is 0.134. The number of piperidine rings is 1. The van der Waals surface area contributed by atoms with E-state index in [0.29, 0.717) is 72.1 Å². The van der Waals surface area contributed by atoms with E-state index < -0.39 is 17.2 Å². The van der Waals surface area contributed by atoms with Crippen LogP contribution in [0.2, 0.25) is 0 Å². The number of amides is 1. The van der Waals surface area contributed by atoms with Crippen molar-refractivity contribution >= 4 is 40.0 Å². The van der Waals surface area contributed by atoms with Gasteiger partial charge in [-0.25, -0.2) is 24.1 Å². The van der Waals surface area contributed by atoms with E-state index in [1.807, 2.05) is 34.3 Å². The summed E-state index contributed by atoms with van der Waals surface area (Å²) < 4.78 is 20.7. The Morgan fingerprint density at radius 3 is 2.41 bits per heavy atom. The maximum atomic E-state index is 15.2. The van der Waals surface area contributed by atoms with Crippen molar-refractivity contribution in [1.82, 2.24) is 43.4 Å². The molecule has 68 heavy (non-hydrogen) atoms. The van der Waals surface area contributed by atoms with Crippen molar-refractivity contribution < 1.29 is 19.1 Å². The highest BCUT2D eigenvalue weighted by Crippen LogP contribution is 2.44. The first kappa shape index (κ1) is 45.3. The zero-order valence-electron chi connectivity index (χ0n) is 39.5. The summed E-state index contributed by atoms with van der Waals surface area (Å²) in [6.45, 7) is 12.5. The number of fused-ring (bicyclic) bond motifs is 4. The highest BCUT2D eigenvalue weighted by molar-refractivity contribution is 5.93. The van der Waals surface area contributed by atoms with Gasteiger partial charge in [0.15, 0.2) is 5.65 Å². The molecule has 0 bridgehead atoms. The molecule has 2 aliphatic heterocycles. The number of hydrogen-bond donors (Lipinski definition) is 1. The minimum absolute atomic E-state index is 0.103. The number of imidazole rings is 1. The molecule has 5 aromatic heterocycles. The molecule has 15 nitrogen and oxygen atoms in total. The van der Waals surface area contributed by atoms with Crippen LogP contribution >= 0.6 is 0 Å². The van der Waals surface area contributed by atoms with E-state index in [2.05, 4.69) is 35.6 Å². The highest BCUT2D eigenvalue weighted by Gasteiger charge is 2.47. The molecule has 2 saturated carbocycles. The van der Waals surface area contributed by atoms with Crippen LogP contribution in [0.5, 0.6) is 0 Å². The van der Waals surface area contributed by atoms with Gasteiger partial charge in [-0.15, -0.1) is 0 Å². The third-order valence-electron chi connectivity index (χ3n) is 15.0. The number of rotatable bonds is 11. The molecule has 1 aromatic carbocycles. The molecule has 3 fully saturated rings. The van der Waals surface area contributed by atoms with Gasteiger partial charge in [0.2, 0.25) is 5.95 Å². The average Bonchev–Trinajstić information content (AvgIpc) is 3.79. The number of aryl methyl sites for hydroxylation is 1. The standard InChI is InChI=1S/C52H60FN11O4/c1-33-44-46(58-49(57-33)62(36-10-6-5-7-11-36)32-52(48(66)67)20-9-21-52)64(37-17-23-59(24-18-37)31-51(2,3)4)50(68)63(44)38-15-16-42(56-28-38)47(65)60-25-19-39-40-12-8-22-55-45(40)61(43(39)30-60)29-35-14-13-34(27-54)26-41(35)53/h8,12-16,22,26,28,36-37H,5-7,9-11,17-21,23-25,29-32H2,1-4H3,(H,66,67). The number of halogens is 1. The number of carbonyl (C=O) groups excluding carboxylic acids is 1. The number of nitriles is 1. The van der Waals surface area contributed by atoms with Crippen molar-refractivity contribution in [3.8, 4) is 11.8 Å². The van der Waals surface area contributed by atoms with Crippen LogP contribution in [-0.2, 0) is 24.3 Å². The summed E-state index contributed by atoms with van der Waals surface area (Å²) in [7, 11) is 0. The topological polar surface area (TPSA) is 171 Å². The second-order valence-corrected chi connectivity index (χ2v) is 20.9. The first-order valence-corrected chi connectivity index (χ1v) is 24.3. The van der Waals surface area contributed by atoms with Crippen LogP contribution in [0.15, 0.2) is 59.7 Å². The van der Waals surface area contributed by atoms with E-state index in [4.69, 9.17) is 15.0 Å². The van der Waals surface area contributed by atoms with Crippen molar-refractivity contribution in [3.63, 3.8) is 0 Å². The number of aromatic nitrogens is 7. The Labute approximate surface area is 395 Å². The van der Waals surface area contributed by atoms with Crippen molar-refractivity contribution in [2.45, 2.75) is 123 Å². The first-order chi connectivity index (χ1) is 32.7. The largest absolute Gasteiger partial charge is 0.481 e. The number of hydrogen-bond acceptors (Lipinski definition) is 10.